The fraction of sp³-hybridized carbons (Fsp3) is 0.824. The Morgan fingerprint density at radius 3 is 3.08 bits per heavy atom. The van der Waals surface area contributed by atoms with Crippen molar-refractivity contribution in [2.75, 3.05) is 26.3 Å². The lowest BCUT2D eigenvalue weighted by Gasteiger charge is -2.32. The van der Waals surface area contributed by atoms with Gasteiger partial charge in [-0.25, -0.2) is 4.98 Å². The summed E-state index contributed by atoms with van der Waals surface area (Å²) in [6.07, 6.45) is 5.38. The van der Waals surface area contributed by atoms with Crippen LogP contribution in [0.4, 0.5) is 0 Å². The third-order valence-electron chi connectivity index (χ3n) is 4.92. The number of carbonyl (C=O) groups excluding carboxylic acids is 1. The van der Waals surface area contributed by atoms with E-state index in [0.717, 1.165) is 25.1 Å². The van der Waals surface area contributed by atoms with E-state index in [0.29, 0.717) is 31.4 Å². The molecular weight excluding hydrogens is 308 g/mol. The van der Waals surface area contributed by atoms with Gasteiger partial charge in [0.1, 0.15) is 18.5 Å². The van der Waals surface area contributed by atoms with Crippen LogP contribution in [-0.4, -0.2) is 58.4 Å². The van der Waals surface area contributed by atoms with Crippen LogP contribution in [0.15, 0.2) is 0 Å². The summed E-state index contributed by atoms with van der Waals surface area (Å²) >= 11 is 0. The second-order valence-electron chi connectivity index (χ2n) is 6.90. The Hall–Kier alpha value is -1.47. The van der Waals surface area contributed by atoms with Crippen molar-refractivity contribution < 1.29 is 14.3 Å². The third kappa shape index (κ3) is 4.33. The van der Waals surface area contributed by atoms with Crippen molar-refractivity contribution in [1.29, 1.82) is 0 Å². The molecule has 134 valence electrons. The number of nitrogens with zero attached hydrogens (tertiary/aromatic N) is 3. The van der Waals surface area contributed by atoms with Crippen LogP contribution < -0.4 is 0 Å². The molecule has 1 amide bonds. The summed E-state index contributed by atoms with van der Waals surface area (Å²) in [6, 6.07) is 0. The largest absolute Gasteiger partial charge is 0.368 e. The highest BCUT2D eigenvalue weighted by molar-refractivity contribution is 5.77. The van der Waals surface area contributed by atoms with Crippen molar-refractivity contribution in [2.24, 2.45) is 5.92 Å². The molecule has 1 saturated carbocycles. The molecular formula is C17H28N4O3. The average molecular weight is 336 g/mol. The molecule has 1 aliphatic carbocycles. The van der Waals surface area contributed by atoms with Gasteiger partial charge in [0.25, 0.3) is 0 Å². The van der Waals surface area contributed by atoms with Gasteiger partial charge in [0.05, 0.1) is 19.3 Å². The Morgan fingerprint density at radius 1 is 1.46 bits per heavy atom. The number of aromatic amines is 1. The van der Waals surface area contributed by atoms with Gasteiger partial charge in [0.2, 0.25) is 5.91 Å². The van der Waals surface area contributed by atoms with Gasteiger partial charge in [0, 0.05) is 13.0 Å². The summed E-state index contributed by atoms with van der Waals surface area (Å²) < 4.78 is 11.6. The Labute approximate surface area is 143 Å². The van der Waals surface area contributed by atoms with Crippen molar-refractivity contribution >= 4 is 5.91 Å². The van der Waals surface area contributed by atoms with E-state index in [1.807, 2.05) is 11.8 Å². The van der Waals surface area contributed by atoms with E-state index < -0.39 is 0 Å². The Balaban J connectivity index is 1.49. The van der Waals surface area contributed by atoms with Gasteiger partial charge in [0.15, 0.2) is 5.82 Å². The summed E-state index contributed by atoms with van der Waals surface area (Å²) in [4.78, 5) is 18.7. The molecule has 7 nitrogen and oxygen atoms in total. The number of ether oxygens (including phenoxy) is 2. The number of nitrogens with one attached hydrogen (secondary N) is 1. The molecule has 1 saturated heterocycles. The zero-order valence-electron chi connectivity index (χ0n) is 14.7. The summed E-state index contributed by atoms with van der Waals surface area (Å²) in [5, 5.41) is 7.10. The molecule has 1 aromatic heterocycles. The Kier molecular flexibility index (Phi) is 5.84. The molecule has 3 atom stereocenters. The molecule has 3 rings (SSSR count). The summed E-state index contributed by atoms with van der Waals surface area (Å²) in [5.74, 6) is 2.20. The van der Waals surface area contributed by atoms with E-state index in [2.05, 4.69) is 22.1 Å². The van der Waals surface area contributed by atoms with Crippen LogP contribution in [0.25, 0.3) is 0 Å². The van der Waals surface area contributed by atoms with Gasteiger partial charge in [-0.1, -0.05) is 26.7 Å². The van der Waals surface area contributed by atoms with Crippen molar-refractivity contribution in [3.63, 3.8) is 0 Å². The van der Waals surface area contributed by atoms with Crippen LogP contribution in [-0.2, 0) is 20.7 Å². The Morgan fingerprint density at radius 2 is 2.33 bits per heavy atom. The third-order valence-corrected chi connectivity index (χ3v) is 4.92. The zero-order chi connectivity index (χ0) is 16.9. The van der Waals surface area contributed by atoms with Gasteiger partial charge in [-0.2, -0.15) is 5.10 Å². The lowest BCUT2D eigenvalue weighted by atomic mass is 9.89. The summed E-state index contributed by atoms with van der Waals surface area (Å²) in [5.41, 5.74) is 0. The first kappa shape index (κ1) is 17.4. The molecule has 0 aromatic carbocycles. The predicted molar refractivity (Wildman–Crippen MR) is 88.4 cm³/mol. The minimum absolute atomic E-state index is 0.0350. The number of morpholine rings is 1. The number of aryl methyl sites for hydroxylation is 1. The van der Waals surface area contributed by atoms with E-state index in [-0.39, 0.29) is 24.7 Å². The number of H-pyrrole nitrogens is 1. The molecule has 24 heavy (non-hydrogen) atoms. The molecule has 7 heteroatoms. The molecule has 0 unspecified atom stereocenters. The molecule has 1 aliphatic heterocycles. The minimum atomic E-state index is -0.256. The van der Waals surface area contributed by atoms with E-state index in [4.69, 9.17) is 9.47 Å². The zero-order valence-corrected chi connectivity index (χ0v) is 14.7. The molecule has 0 bridgehead atoms. The second-order valence-corrected chi connectivity index (χ2v) is 6.90. The van der Waals surface area contributed by atoms with E-state index in [1.54, 1.807) is 0 Å². The monoisotopic (exact) mass is 336 g/mol. The molecule has 0 spiro atoms. The first-order valence-electron chi connectivity index (χ1n) is 9.07. The SMILES string of the molecule is CCc1nc([C@@H]2CN(C(=O)CO[C@H]3CCC[C@@H](C)C3)CCO2)n[nH]1. The maximum Gasteiger partial charge on any atom is 0.248 e. The molecule has 2 fully saturated rings. The highest BCUT2D eigenvalue weighted by Gasteiger charge is 2.29. The minimum Gasteiger partial charge on any atom is -0.368 e. The first-order valence-corrected chi connectivity index (χ1v) is 9.07. The highest BCUT2D eigenvalue weighted by atomic mass is 16.5. The molecule has 1 N–H and O–H groups in total. The maximum atomic E-state index is 12.5. The van der Waals surface area contributed by atoms with Crippen LogP contribution in [0.1, 0.15) is 57.3 Å². The van der Waals surface area contributed by atoms with Crippen LogP contribution in [0.5, 0.6) is 0 Å². The van der Waals surface area contributed by atoms with Crippen LogP contribution >= 0.6 is 0 Å². The number of carbonyl (C=O) groups is 1. The van der Waals surface area contributed by atoms with Gasteiger partial charge in [-0.3, -0.25) is 9.89 Å². The van der Waals surface area contributed by atoms with E-state index in [1.165, 1.54) is 12.8 Å². The predicted octanol–water partition coefficient (Wildman–Crippen LogP) is 1.86. The standard InChI is InChI=1S/C17H28N4O3/c1-3-15-18-17(20-19-15)14-10-21(7-8-23-14)16(22)11-24-13-6-4-5-12(2)9-13/h12-14H,3-11H2,1-2H3,(H,18,19,20)/t12-,13+,14+/m1/s1. The lowest BCUT2D eigenvalue weighted by Crippen LogP contribution is -2.44. The Bertz CT molecular complexity index is 548. The number of rotatable bonds is 5. The normalized spacial score (nSPS) is 28.1. The average Bonchev–Trinajstić information content (AvgIpc) is 3.09. The maximum absolute atomic E-state index is 12.5. The smallest absolute Gasteiger partial charge is 0.248 e. The van der Waals surface area contributed by atoms with Crippen LogP contribution in [0.2, 0.25) is 0 Å². The summed E-state index contributed by atoms with van der Waals surface area (Å²) in [7, 11) is 0. The number of amides is 1. The highest BCUT2D eigenvalue weighted by Crippen LogP contribution is 2.26. The van der Waals surface area contributed by atoms with Gasteiger partial charge in [-0.15, -0.1) is 0 Å². The lowest BCUT2D eigenvalue weighted by molar-refractivity contribution is -0.147. The molecule has 2 aliphatic rings. The van der Waals surface area contributed by atoms with Crippen molar-refractivity contribution in [3.05, 3.63) is 11.6 Å². The topological polar surface area (TPSA) is 80.3 Å². The van der Waals surface area contributed by atoms with Crippen LogP contribution in [0, 0.1) is 5.92 Å². The van der Waals surface area contributed by atoms with Gasteiger partial charge in [-0.05, 0) is 18.8 Å². The second kappa shape index (κ2) is 8.07. The quantitative estimate of drug-likeness (QED) is 0.888. The van der Waals surface area contributed by atoms with Gasteiger partial charge >= 0.3 is 0 Å². The fourth-order valence-electron chi connectivity index (χ4n) is 3.45. The molecule has 1 aromatic rings. The van der Waals surface area contributed by atoms with Crippen molar-refractivity contribution in [2.45, 2.75) is 58.2 Å². The summed E-state index contributed by atoms with van der Waals surface area (Å²) in [6.45, 7) is 6.04. The molecule has 0 radical (unpaired) electrons. The van der Waals surface area contributed by atoms with Gasteiger partial charge < -0.3 is 14.4 Å². The van der Waals surface area contributed by atoms with Crippen molar-refractivity contribution in [1.82, 2.24) is 20.1 Å². The number of aromatic nitrogens is 3. The first-order chi connectivity index (χ1) is 11.7. The van der Waals surface area contributed by atoms with Crippen molar-refractivity contribution in [3.8, 4) is 0 Å². The number of hydrogen-bond acceptors (Lipinski definition) is 5. The van der Waals surface area contributed by atoms with Crippen LogP contribution in [0.3, 0.4) is 0 Å². The number of hydrogen-bond donors (Lipinski definition) is 1. The van der Waals surface area contributed by atoms with E-state index in [9.17, 15) is 4.79 Å². The fourth-order valence-corrected chi connectivity index (χ4v) is 3.45. The van der Waals surface area contributed by atoms with E-state index >= 15 is 0 Å². The molecule has 2 heterocycles.